The summed E-state index contributed by atoms with van der Waals surface area (Å²) in [4.78, 5) is 7.85. The van der Waals surface area contributed by atoms with Crippen LogP contribution in [0.2, 0.25) is 0 Å². The van der Waals surface area contributed by atoms with Crippen LogP contribution in [0, 0.1) is 0 Å². The lowest BCUT2D eigenvalue weighted by atomic mass is 10.0. The number of benzene rings is 1. The van der Waals surface area contributed by atoms with E-state index >= 15 is 0 Å². The SMILES string of the molecule is CC(C)NCCc1ncc(-c2ccc(C(C)C)cc2)[nH]1. The molecule has 108 valence electrons. The summed E-state index contributed by atoms with van der Waals surface area (Å²) in [5.74, 6) is 1.62. The molecule has 3 nitrogen and oxygen atoms in total. The highest BCUT2D eigenvalue weighted by atomic mass is 14.9. The van der Waals surface area contributed by atoms with Crippen molar-refractivity contribution < 1.29 is 0 Å². The van der Waals surface area contributed by atoms with Crippen LogP contribution in [-0.4, -0.2) is 22.6 Å². The second-order valence-electron chi connectivity index (χ2n) is 5.88. The summed E-state index contributed by atoms with van der Waals surface area (Å²) in [6, 6.07) is 9.24. The third kappa shape index (κ3) is 3.94. The van der Waals surface area contributed by atoms with Gasteiger partial charge < -0.3 is 10.3 Å². The number of nitrogens with zero attached hydrogens (tertiary/aromatic N) is 1. The van der Waals surface area contributed by atoms with Gasteiger partial charge in [-0.2, -0.15) is 0 Å². The predicted molar refractivity (Wildman–Crippen MR) is 85.0 cm³/mol. The first-order chi connectivity index (χ1) is 9.56. The average Bonchev–Trinajstić information content (AvgIpc) is 2.87. The zero-order valence-corrected chi connectivity index (χ0v) is 12.9. The van der Waals surface area contributed by atoms with Crippen molar-refractivity contribution in [3.63, 3.8) is 0 Å². The molecule has 0 aliphatic rings. The molecular weight excluding hydrogens is 246 g/mol. The molecule has 0 aliphatic carbocycles. The third-order valence-electron chi connectivity index (χ3n) is 3.43. The number of H-pyrrole nitrogens is 1. The molecule has 0 radical (unpaired) electrons. The molecule has 0 aliphatic heterocycles. The monoisotopic (exact) mass is 271 g/mol. The summed E-state index contributed by atoms with van der Waals surface area (Å²) in [5.41, 5.74) is 3.67. The van der Waals surface area contributed by atoms with Gasteiger partial charge in [-0.3, -0.25) is 0 Å². The standard InChI is InChI=1S/C17H25N3/c1-12(2)14-5-7-15(8-6-14)16-11-19-17(20-16)9-10-18-13(3)4/h5-8,11-13,18H,9-10H2,1-4H3,(H,19,20). The van der Waals surface area contributed by atoms with Crippen molar-refractivity contribution in [3.05, 3.63) is 41.9 Å². The largest absolute Gasteiger partial charge is 0.342 e. The van der Waals surface area contributed by atoms with E-state index < -0.39 is 0 Å². The van der Waals surface area contributed by atoms with Crippen molar-refractivity contribution in [1.29, 1.82) is 0 Å². The van der Waals surface area contributed by atoms with Crippen LogP contribution in [0.3, 0.4) is 0 Å². The van der Waals surface area contributed by atoms with Gasteiger partial charge in [0, 0.05) is 19.0 Å². The number of rotatable bonds is 6. The minimum Gasteiger partial charge on any atom is -0.342 e. The number of imidazole rings is 1. The van der Waals surface area contributed by atoms with Crippen LogP contribution in [0.4, 0.5) is 0 Å². The van der Waals surface area contributed by atoms with Crippen LogP contribution < -0.4 is 5.32 Å². The van der Waals surface area contributed by atoms with Gasteiger partial charge in [-0.05, 0) is 17.0 Å². The fraction of sp³-hybridized carbons (Fsp3) is 0.471. The van der Waals surface area contributed by atoms with Crippen LogP contribution in [0.5, 0.6) is 0 Å². The Morgan fingerprint density at radius 1 is 1.10 bits per heavy atom. The maximum absolute atomic E-state index is 4.45. The smallest absolute Gasteiger partial charge is 0.107 e. The molecule has 3 heteroatoms. The summed E-state index contributed by atoms with van der Waals surface area (Å²) in [6.07, 6.45) is 2.86. The molecule has 0 saturated heterocycles. The van der Waals surface area contributed by atoms with Gasteiger partial charge in [0.15, 0.2) is 0 Å². The van der Waals surface area contributed by atoms with Gasteiger partial charge in [0.2, 0.25) is 0 Å². The Balaban J connectivity index is 2.01. The molecule has 2 rings (SSSR count). The van der Waals surface area contributed by atoms with Gasteiger partial charge in [-0.25, -0.2) is 4.98 Å². The normalized spacial score (nSPS) is 11.5. The molecule has 0 atom stereocenters. The van der Waals surface area contributed by atoms with Gasteiger partial charge in [0.05, 0.1) is 11.9 Å². The van der Waals surface area contributed by atoms with Crippen molar-refractivity contribution in [2.24, 2.45) is 0 Å². The van der Waals surface area contributed by atoms with E-state index in [4.69, 9.17) is 0 Å². The van der Waals surface area contributed by atoms with E-state index in [-0.39, 0.29) is 0 Å². The fourth-order valence-corrected chi connectivity index (χ4v) is 2.16. The van der Waals surface area contributed by atoms with E-state index in [1.807, 2.05) is 6.20 Å². The summed E-state index contributed by atoms with van der Waals surface area (Å²) in [7, 11) is 0. The Bertz CT molecular complexity index is 523. The molecule has 0 bridgehead atoms. The van der Waals surface area contributed by atoms with E-state index in [1.54, 1.807) is 0 Å². The number of hydrogen-bond acceptors (Lipinski definition) is 2. The average molecular weight is 271 g/mol. The Hall–Kier alpha value is -1.61. The highest BCUT2D eigenvalue weighted by Crippen LogP contribution is 2.21. The Morgan fingerprint density at radius 2 is 1.80 bits per heavy atom. The molecule has 0 fully saturated rings. The van der Waals surface area contributed by atoms with Crippen LogP contribution in [0.1, 0.15) is 45.0 Å². The number of hydrogen-bond donors (Lipinski definition) is 2. The molecule has 0 saturated carbocycles. The maximum atomic E-state index is 4.45. The fourth-order valence-electron chi connectivity index (χ4n) is 2.16. The Labute approximate surface area is 121 Å². The van der Waals surface area contributed by atoms with E-state index in [2.05, 4.69) is 67.2 Å². The first-order valence-electron chi connectivity index (χ1n) is 7.44. The predicted octanol–water partition coefficient (Wildman–Crippen LogP) is 3.74. The molecule has 0 unspecified atom stereocenters. The summed E-state index contributed by atoms with van der Waals surface area (Å²) < 4.78 is 0. The van der Waals surface area contributed by atoms with Gasteiger partial charge >= 0.3 is 0 Å². The van der Waals surface area contributed by atoms with Gasteiger partial charge in [-0.1, -0.05) is 52.0 Å². The minimum atomic E-state index is 0.521. The third-order valence-corrected chi connectivity index (χ3v) is 3.43. The van der Waals surface area contributed by atoms with Crippen LogP contribution in [-0.2, 0) is 6.42 Å². The Kier molecular flexibility index (Phi) is 4.96. The molecule has 2 aromatic rings. The molecule has 1 aromatic carbocycles. The van der Waals surface area contributed by atoms with Crippen molar-refractivity contribution >= 4 is 0 Å². The second kappa shape index (κ2) is 6.71. The minimum absolute atomic E-state index is 0.521. The molecule has 1 aromatic heterocycles. The first-order valence-corrected chi connectivity index (χ1v) is 7.44. The molecule has 2 N–H and O–H groups in total. The lowest BCUT2D eigenvalue weighted by Gasteiger charge is -2.06. The van der Waals surface area contributed by atoms with Crippen LogP contribution in [0.25, 0.3) is 11.3 Å². The van der Waals surface area contributed by atoms with E-state index in [0.717, 1.165) is 24.5 Å². The van der Waals surface area contributed by atoms with Crippen molar-refractivity contribution in [3.8, 4) is 11.3 Å². The van der Waals surface area contributed by atoms with Crippen LogP contribution in [0.15, 0.2) is 30.5 Å². The molecule has 0 amide bonds. The van der Waals surface area contributed by atoms with Crippen LogP contribution >= 0.6 is 0 Å². The number of nitrogens with one attached hydrogen (secondary N) is 2. The molecule has 1 heterocycles. The van der Waals surface area contributed by atoms with Gasteiger partial charge in [0.25, 0.3) is 0 Å². The van der Waals surface area contributed by atoms with E-state index in [1.165, 1.54) is 11.1 Å². The van der Waals surface area contributed by atoms with Crippen molar-refractivity contribution in [1.82, 2.24) is 15.3 Å². The topological polar surface area (TPSA) is 40.7 Å². The zero-order valence-electron chi connectivity index (χ0n) is 12.9. The summed E-state index contributed by atoms with van der Waals surface area (Å²) >= 11 is 0. The molecule has 20 heavy (non-hydrogen) atoms. The van der Waals surface area contributed by atoms with Crippen molar-refractivity contribution in [2.45, 2.75) is 46.1 Å². The van der Waals surface area contributed by atoms with E-state index in [0.29, 0.717) is 12.0 Å². The summed E-state index contributed by atoms with van der Waals surface area (Å²) in [5, 5.41) is 3.40. The quantitative estimate of drug-likeness (QED) is 0.840. The summed E-state index contributed by atoms with van der Waals surface area (Å²) in [6.45, 7) is 9.70. The lowest BCUT2D eigenvalue weighted by Crippen LogP contribution is -2.25. The lowest BCUT2D eigenvalue weighted by molar-refractivity contribution is 0.584. The van der Waals surface area contributed by atoms with Crippen molar-refractivity contribution in [2.75, 3.05) is 6.54 Å². The first kappa shape index (κ1) is 14.8. The van der Waals surface area contributed by atoms with Gasteiger partial charge in [0.1, 0.15) is 5.82 Å². The molecular formula is C17H25N3. The number of aromatic amines is 1. The highest BCUT2D eigenvalue weighted by molar-refractivity contribution is 5.58. The Morgan fingerprint density at radius 3 is 2.40 bits per heavy atom. The van der Waals surface area contributed by atoms with Gasteiger partial charge in [-0.15, -0.1) is 0 Å². The highest BCUT2D eigenvalue weighted by Gasteiger charge is 2.05. The maximum Gasteiger partial charge on any atom is 0.107 e. The second-order valence-corrected chi connectivity index (χ2v) is 5.88. The number of aromatic nitrogens is 2. The van der Waals surface area contributed by atoms with E-state index in [9.17, 15) is 0 Å². The zero-order chi connectivity index (χ0) is 14.5. The molecule has 0 spiro atoms.